The zero-order chi connectivity index (χ0) is 20.9. The number of benzene rings is 1. The van der Waals surface area contributed by atoms with Gasteiger partial charge >= 0.3 is 5.97 Å². The van der Waals surface area contributed by atoms with Crippen molar-refractivity contribution in [3.63, 3.8) is 0 Å². The van der Waals surface area contributed by atoms with Crippen LogP contribution in [-0.2, 0) is 34.4 Å². The fraction of sp³-hybridized carbons (Fsp3) is 0.455. The van der Waals surface area contributed by atoms with Gasteiger partial charge in [-0.1, -0.05) is 24.3 Å². The average Bonchev–Trinajstić information content (AvgIpc) is 3.01. The van der Waals surface area contributed by atoms with E-state index in [-0.39, 0.29) is 18.3 Å². The molecule has 2 aromatic rings. The number of carbonyl (C=O) groups is 2. The van der Waals surface area contributed by atoms with E-state index in [1.807, 2.05) is 25.3 Å². The van der Waals surface area contributed by atoms with Crippen LogP contribution in [-0.4, -0.2) is 50.6 Å². The van der Waals surface area contributed by atoms with Crippen LogP contribution in [0.1, 0.15) is 47.5 Å². The fourth-order valence-electron chi connectivity index (χ4n) is 4.58. The average molecular weight is 397 g/mol. The number of hydrogen-bond donors (Lipinski definition) is 2. The summed E-state index contributed by atoms with van der Waals surface area (Å²) < 4.78 is 0. The van der Waals surface area contributed by atoms with Crippen molar-refractivity contribution in [1.82, 2.24) is 14.9 Å². The van der Waals surface area contributed by atoms with Gasteiger partial charge in [0, 0.05) is 24.7 Å². The highest BCUT2D eigenvalue weighted by Gasteiger charge is 2.43. The number of piperidine rings is 1. The van der Waals surface area contributed by atoms with Gasteiger partial charge < -0.3 is 10.2 Å². The minimum Gasteiger partial charge on any atom is -0.483 e. The summed E-state index contributed by atoms with van der Waals surface area (Å²) in [5, 5.41) is 15.8. The molecule has 0 saturated carbocycles. The molecule has 7 nitrogen and oxygen atoms in total. The van der Waals surface area contributed by atoms with Gasteiger partial charge in [-0.25, -0.2) is 9.97 Å². The summed E-state index contributed by atoms with van der Waals surface area (Å²) in [6.07, 6.45) is 6.78. The highest BCUT2D eigenvalue weighted by atomic mass is 16.4. The van der Waals surface area contributed by atoms with Gasteiger partial charge in [0.25, 0.3) is 6.47 Å². The van der Waals surface area contributed by atoms with Gasteiger partial charge in [0.1, 0.15) is 5.82 Å². The minimum absolute atomic E-state index is 0.0863. The van der Waals surface area contributed by atoms with E-state index in [4.69, 9.17) is 20.0 Å². The van der Waals surface area contributed by atoms with Crippen molar-refractivity contribution in [1.29, 1.82) is 0 Å². The Labute approximate surface area is 170 Å². The topological polar surface area (TPSA) is 104 Å². The molecular formula is C22H27N3O4. The monoisotopic (exact) mass is 397 g/mol. The van der Waals surface area contributed by atoms with E-state index in [1.54, 1.807) is 0 Å². The fourth-order valence-corrected chi connectivity index (χ4v) is 4.58. The Morgan fingerprint density at radius 2 is 1.93 bits per heavy atom. The van der Waals surface area contributed by atoms with Crippen LogP contribution in [0.5, 0.6) is 0 Å². The second-order valence-corrected chi connectivity index (χ2v) is 7.88. The smallest absolute Gasteiger partial charge is 0.307 e. The highest BCUT2D eigenvalue weighted by Crippen LogP contribution is 2.44. The van der Waals surface area contributed by atoms with E-state index in [1.165, 1.54) is 36.1 Å². The van der Waals surface area contributed by atoms with Crippen LogP contribution in [0, 0.1) is 6.92 Å². The van der Waals surface area contributed by atoms with Gasteiger partial charge in [0.05, 0.1) is 12.1 Å². The SMILES string of the molecule is Cc1ncc2c(n1)C1(CCCN(Cc3ccc(CC(=O)O)cc3)C1)CC2.O=CO. The number of carboxylic acid groups (broad SMARTS) is 2. The lowest BCUT2D eigenvalue weighted by molar-refractivity contribution is -0.136. The first kappa shape index (κ1) is 20.9. The van der Waals surface area contributed by atoms with Gasteiger partial charge in [-0.2, -0.15) is 0 Å². The first-order chi connectivity index (χ1) is 14.0. The van der Waals surface area contributed by atoms with Crippen molar-refractivity contribution < 1.29 is 19.8 Å². The Balaban J connectivity index is 0.000000755. The molecule has 1 aromatic carbocycles. The molecule has 7 heteroatoms. The number of aromatic nitrogens is 2. The van der Waals surface area contributed by atoms with E-state index < -0.39 is 5.97 Å². The lowest BCUT2D eigenvalue weighted by atomic mass is 9.77. The third kappa shape index (κ3) is 4.98. The quantitative estimate of drug-likeness (QED) is 0.764. The summed E-state index contributed by atoms with van der Waals surface area (Å²) in [7, 11) is 0. The van der Waals surface area contributed by atoms with Crippen molar-refractivity contribution in [3.05, 3.63) is 58.7 Å². The highest BCUT2D eigenvalue weighted by molar-refractivity contribution is 5.70. The number of nitrogens with zero attached hydrogens (tertiary/aromatic N) is 3. The van der Waals surface area contributed by atoms with Gasteiger partial charge in [-0.05, 0) is 55.8 Å². The molecule has 1 aliphatic carbocycles. The molecule has 0 bridgehead atoms. The molecule has 29 heavy (non-hydrogen) atoms. The van der Waals surface area contributed by atoms with Crippen molar-refractivity contribution in [3.8, 4) is 0 Å². The Hall–Kier alpha value is -2.80. The zero-order valence-electron chi connectivity index (χ0n) is 16.7. The van der Waals surface area contributed by atoms with Crippen LogP contribution in [0.4, 0.5) is 0 Å². The number of fused-ring (bicyclic) bond motifs is 2. The summed E-state index contributed by atoms with van der Waals surface area (Å²) in [6.45, 7) is 4.80. The summed E-state index contributed by atoms with van der Waals surface area (Å²) >= 11 is 0. The molecule has 4 rings (SSSR count). The van der Waals surface area contributed by atoms with Crippen molar-refractivity contribution in [2.24, 2.45) is 0 Å². The molecule has 1 spiro atoms. The van der Waals surface area contributed by atoms with Gasteiger partial charge in [-0.3, -0.25) is 14.5 Å². The first-order valence-corrected chi connectivity index (χ1v) is 9.88. The lowest BCUT2D eigenvalue weighted by Gasteiger charge is -2.40. The molecule has 1 unspecified atom stereocenters. The van der Waals surface area contributed by atoms with Gasteiger partial charge in [-0.15, -0.1) is 0 Å². The second kappa shape index (κ2) is 9.13. The normalized spacial score (nSPS) is 20.6. The molecule has 1 aliphatic heterocycles. The summed E-state index contributed by atoms with van der Waals surface area (Å²) in [5.74, 6) is 0.0871. The van der Waals surface area contributed by atoms with Crippen molar-refractivity contribution in [2.45, 2.75) is 51.0 Å². The molecule has 1 aromatic heterocycles. The number of carboxylic acids is 1. The van der Waals surface area contributed by atoms with E-state index in [0.717, 1.165) is 37.4 Å². The van der Waals surface area contributed by atoms with Crippen LogP contribution < -0.4 is 0 Å². The first-order valence-electron chi connectivity index (χ1n) is 9.88. The predicted octanol–water partition coefficient (Wildman–Crippen LogP) is 2.59. The summed E-state index contributed by atoms with van der Waals surface area (Å²) in [5.41, 5.74) is 4.90. The maximum absolute atomic E-state index is 10.8. The zero-order valence-corrected chi connectivity index (χ0v) is 16.7. The summed E-state index contributed by atoms with van der Waals surface area (Å²) in [4.78, 5) is 30.9. The van der Waals surface area contributed by atoms with Crippen molar-refractivity contribution >= 4 is 12.4 Å². The molecule has 1 atom stereocenters. The second-order valence-electron chi connectivity index (χ2n) is 7.88. The third-order valence-corrected chi connectivity index (χ3v) is 5.80. The number of hydrogen-bond acceptors (Lipinski definition) is 5. The van der Waals surface area contributed by atoms with Crippen LogP contribution in [0.3, 0.4) is 0 Å². The summed E-state index contributed by atoms with van der Waals surface area (Å²) in [6, 6.07) is 8.00. The standard InChI is InChI=1S/C21H25N3O2.CH2O2/c1-15-22-12-18-7-9-21(20(18)23-15)8-2-10-24(14-21)13-17-5-3-16(4-6-17)11-19(25)26;2-1-3/h3-6,12H,2,7-11,13-14H2,1H3,(H,25,26);1H,(H,2,3). The molecule has 0 amide bonds. The lowest BCUT2D eigenvalue weighted by Crippen LogP contribution is -2.45. The molecule has 1 saturated heterocycles. The van der Waals surface area contributed by atoms with Gasteiger partial charge in [0.2, 0.25) is 0 Å². The Morgan fingerprint density at radius 3 is 2.62 bits per heavy atom. The Morgan fingerprint density at radius 1 is 1.24 bits per heavy atom. The van der Waals surface area contributed by atoms with E-state index in [9.17, 15) is 4.79 Å². The number of likely N-dealkylation sites (tertiary alicyclic amines) is 1. The Kier molecular flexibility index (Phi) is 6.59. The molecule has 154 valence electrons. The predicted molar refractivity (Wildman–Crippen MR) is 108 cm³/mol. The largest absolute Gasteiger partial charge is 0.483 e. The molecule has 0 radical (unpaired) electrons. The van der Waals surface area contributed by atoms with E-state index in [2.05, 4.69) is 22.0 Å². The molecule has 2 heterocycles. The number of rotatable bonds is 4. The van der Waals surface area contributed by atoms with Crippen molar-refractivity contribution in [2.75, 3.05) is 13.1 Å². The van der Waals surface area contributed by atoms with Crippen LogP contribution in [0.2, 0.25) is 0 Å². The molecular weight excluding hydrogens is 370 g/mol. The van der Waals surface area contributed by atoms with Crippen LogP contribution in [0.15, 0.2) is 30.5 Å². The Bertz CT molecular complexity index is 865. The van der Waals surface area contributed by atoms with E-state index in [0.29, 0.717) is 0 Å². The maximum Gasteiger partial charge on any atom is 0.307 e. The molecule has 2 aliphatic rings. The minimum atomic E-state index is -0.784. The number of aryl methyl sites for hydroxylation is 2. The molecule has 2 N–H and O–H groups in total. The third-order valence-electron chi connectivity index (χ3n) is 5.80. The van der Waals surface area contributed by atoms with Gasteiger partial charge in [0.15, 0.2) is 0 Å². The number of aliphatic carboxylic acids is 1. The van der Waals surface area contributed by atoms with Crippen LogP contribution >= 0.6 is 0 Å². The maximum atomic E-state index is 10.8. The van der Waals surface area contributed by atoms with Crippen LogP contribution in [0.25, 0.3) is 0 Å². The van der Waals surface area contributed by atoms with E-state index >= 15 is 0 Å². The molecule has 1 fully saturated rings.